The molecule has 14 heavy (non-hydrogen) atoms. The summed E-state index contributed by atoms with van der Waals surface area (Å²) in [6.07, 6.45) is 4.83. The molecule has 2 rings (SSSR count). The zero-order valence-corrected chi connectivity index (χ0v) is 8.79. The summed E-state index contributed by atoms with van der Waals surface area (Å²) in [5, 5.41) is 3.35. The summed E-state index contributed by atoms with van der Waals surface area (Å²) in [5.74, 6) is 0. The molecule has 2 heterocycles. The summed E-state index contributed by atoms with van der Waals surface area (Å²) in [6.45, 7) is 5.12. The number of aryl methyl sites for hydroxylation is 1. The average Bonchev–Trinajstić information content (AvgIpc) is 2.73. The zero-order chi connectivity index (χ0) is 10.0. The molecule has 0 aromatic carbocycles. The lowest BCUT2D eigenvalue weighted by Crippen LogP contribution is -2.28. The summed E-state index contributed by atoms with van der Waals surface area (Å²) >= 11 is 0. The van der Waals surface area contributed by atoms with Crippen LogP contribution in [0.15, 0.2) is 12.4 Å². The van der Waals surface area contributed by atoms with E-state index >= 15 is 0 Å². The number of nitrogens with zero attached hydrogens (tertiary/aromatic N) is 2. The molecule has 0 amide bonds. The number of hydrogen-bond acceptors (Lipinski definition) is 3. The van der Waals surface area contributed by atoms with Gasteiger partial charge < -0.3 is 14.6 Å². The fraction of sp³-hybridized carbons (Fsp3) is 0.700. The Morgan fingerprint density at radius 1 is 1.71 bits per heavy atom. The maximum absolute atomic E-state index is 5.68. The minimum Gasteiger partial charge on any atom is -0.464 e. The minimum absolute atomic E-state index is 0.270. The van der Waals surface area contributed by atoms with Crippen LogP contribution in [-0.2, 0) is 7.05 Å². The first-order valence-corrected chi connectivity index (χ1v) is 5.00. The van der Waals surface area contributed by atoms with Crippen LogP contribution in [-0.4, -0.2) is 29.2 Å². The molecular formula is C10H17N3O. The van der Waals surface area contributed by atoms with Crippen molar-refractivity contribution in [3.8, 4) is 6.01 Å². The van der Waals surface area contributed by atoms with Crippen molar-refractivity contribution in [1.82, 2.24) is 14.9 Å². The van der Waals surface area contributed by atoms with E-state index in [0.29, 0.717) is 6.01 Å². The lowest BCUT2D eigenvalue weighted by atomic mass is 9.91. The molecule has 0 aliphatic carbocycles. The van der Waals surface area contributed by atoms with E-state index in [4.69, 9.17) is 4.74 Å². The van der Waals surface area contributed by atoms with Crippen LogP contribution in [0.5, 0.6) is 6.01 Å². The van der Waals surface area contributed by atoms with Gasteiger partial charge in [0.2, 0.25) is 0 Å². The fourth-order valence-electron chi connectivity index (χ4n) is 1.72. The Labute approximate surface area is 84.3 Å². The number of imidazole rings is 1. The molecular weight excluding hydrogens is 178 g/mol. The third-order valence-corrected chi connectivity index (χ3v) is 2.78. The van der Waals surface area contributed by atoms with Crippen molar-refractivity contribution in [3.63, 3.8) is 0 Å². The maximum atomic E-state index is 5.68. The smallest absolute Gasteiger partial charge is 0.295 e. The molecule has 1 fully saturated rings. The predicted octanol–water partition coefficient (Wildman–Crippen LogP) is 0.798. The SMILES string of the molecule is Cn1ccnc1OCC1(C)CCNC1. The van der Waals surface area contributed by atoms with Gasteiger partial charge in [0.15, 0.2) is 0 Å². The van der Waals surface area contributed by atoms with Gasteiger partial charge in [-0.25, -0.2) is 4.98 Å². The first kappa shape index (κ1) is 9.52. The van der Waals surface area contributed by atoms with Crippen molar-refractivity contribution >= 4 is 0 Å². The Hall–Kier alpha value is -1.03. The minimum atomic E-state index is 0.270. The quantitative estimate of drug-likeness (QED) is 0.775. The van der Waals surface area contributed by atoms with Crippen molar-refractivity contribution in [2.45, 2.75) is 13.3 Å². The molecule has 0 radical (unpaired) electrons. The summed E-state index contributed by atoms with van der Waals surface area (Å²) in [7, 11) is 1.94. The molecule has 1 saturated heterocycles. The van der Waals surface area contributed by atoms with Gasteiger partial charge in [-0.05, 0) is 13.0 Å². The highest BCUT2D eigenvalue weighted by molar-refractivity contribution is 4.98. The van der Waals surface area contributed by atoms with Crippen molar-refractivity contribution in [3.05, 3.63) is 12.4 Å². The first-order chi connectivity index (χ1) is 6.70. The summed E-state index contributed by atoms with van der Waals surface area (Å²) in [4.78, 5) is 4.13. The predicted molar refractivity (Wildman–Crippen MR) is 54.3 cm³/mol. The zero-order valence-electron chi connectivity index (χ0n) is 8.79. The third kappa shape index (κ3) is 1.90. The molecule has 4 heteroatoms. The molecule has 1 aromatic rings. The molecule has 1 aromatic heterocycles. The lowest BCUT2D eigenvalue weighted by Gasteiger charge is -2.21. The van der Waals surface area contributed by atoms with Crippen molar-refractivity contribution in [2.75, 3.05) is 19.7 Å². The monoisotopic (exact) mass is 195 g/mol. The third-order valence-electron chi connectivity index (χ3n) is 2.78. The van der Waals surface area contributed by atoms with Gasteiger partial charge in [0, 0.05) is 31.4 Å². The molecule has 1 unspecified atom stereocenters. The summed E-state index contributed by atoms with van der Waals surface area (Å²) < 4.78 is 7.57. The maximum Gasteiger partial charge on any atom is 0.295 e. The van der Waals surface area contributed by atoms with Crippen LogP contribution >= 0.6 is 0 Å². The van der Waals surface area contributed by atoms with Crippen molar-refractivity contribution < 1.29 is 4.74 Å². The van der Waals surface area contributed by atoms with E-state index in [-0.39, 0.29) is 5.41 Å². The van der Waals surface area contributed by atoms with Crippen LogP contribution in [0.2, 0.25) is 0 Å². The Bertz CT molecular complexity index is 302. The van der Waals surface area contributed by atoms with Gasteiger partial charge in [-0.15, -0.1) is 0 Å². The van der Waals surface area contributed by atoms with E-state index in [2.05, 4.69) is 17.2 Å². The van der Waals surface area contributed by atoms with Crippen LogP contribution in [0, 0.1) is 5.41 Å². The number of hydrogen-bond donors (Lipinski definition) is 1. The number of nitrogens with one attached hydrogen (secondary N) is 1. The normalized spacial score (nSPS) is 26.7. The van der Waals surface area contributed by atoms with E-state index < -0.39 is 0 Å². The van der Waals surface area contributed by atoms with Crippen molar-refractivity contribution in [1.29, 1.82) is 0 Å². The molecule has 1 aliphatic rings. The Morgan fingerprint density at radius 3 is 3.14 bits per heavy atom. The topological polar surface area (TPSA) is 39.1 Å². The highest BCUT2D eigenvalue weighted by atomic mass is 16.5. The molecule has 0 bridgehead atoms. The number of rotatable bonds is 3. The average molecular weight is 195 g/mol. The molecule has 1 atom stereocenters. The van der Waals surface area contributed by atoms with Crippen molar-refractivity contribution in [2.24, 2.45) is 12.5 Å². The van der Waals surface area contributed by atoms with E-state index in [1.165, 1.54) is 6.42 Å². The second kappa shape index (κ2) is 3.61. The summed E-state index contributed by atoms with van der Waals surface area (Å²) in [5.41, 5.74) is 0.270. The number of ether oxygens (including phenoxy) is 1. The first-order valence-electron chi connectivity index (χ1n) is 5.00. The lowest BCUT2D eigenvalue weighted by molar-refractivity contribution is 0.165. The van der Waals surface area contributed by atoms with Crippen LogP contribution in [0.1, 0.15) is 13.3 Å². The second-order valence-corrected chi connectivity index (χ2v) is 4.35. The Balaban J connectivity index is 1.91. The van der Waals surface area contributed by atoms with Gasteiger partial charge in [0.1, 0.15) is 0 Å². The van der Waals surface area contributed by atoms with Crippen LogP contribution in [0.4, 0.5) is 0 Å². The Kier molecular flexibility index (Phi) is 2.46. The largest absolute Gasteiger partial charge is 0.464 e. The van der Waals surface area contributed by atoms with Gasteiger partial charge in [-0.1, -0.05) is 6.92 Å². The van der Waals surface area contributed by atoms with Gasteiger partial charge in [-0.2, -0.15) is 0 Å². The summed E-state index contributed by atoms with van der Waals surface area (Å²) in [6, 6.07) is 0.707. The molecule has 78 valence electrons. The van der Waals surface area contributed by atoms with E-state index in [9.17, 15) is 0 Å². The molecule has 1 aliphatic heterocycles. The number of aromatic nitrogens is 2. The highest BCUT2D eigenvalue weighted by Gasteiger charge is 2.29. The van der Waals surface area contributed by atoms with Gasteiger partial charge >= 0.3 is 0 Å². The standard InChI is InChI=1S/C10H17N3O/c1-10(3-4-11-7-10)8-14-9-12-5-6-13(9)2/h5-6,11H,3-4,7-8H2,1-2H3. The van der Waals surface area contributed by atoms with Gasteiger partial charge in [0.25, 0.3) is 6.01 Å². The van der Waals surface area contributed by atoms with Gasteiger partial charge in [-0.3, -0.25) is 0 Å². The Morgan fingerprint density at radius 2 is 2.57 bits per heavy atom. The van der Waals surface area contributed by atoms with Crippen LogP contribution < -0.4 is 10.1 Å². The van der Waals surface area contributed by atoms with Gasteiger partial charge in [0.05, 0.1) is 6.61 Å². The molecule has 4 nitrogen and oxygen atoms in total. The van der Waals surface area contributed by atoms with Crippen LogP contribution in [0.3, 0.4) is 0 Å². The van der Waals surface area contributed by atoms with E-state index in [0.717, 1.165) is 19.7 Å². The highest BCUT2D eigenvalue weighted by Crippen LogP contribution is 2.25. The second-order valence-electron chi connectivity index (χ2n) is 4.35. The molecule has 0 saturated carbocycles. The molecule has 1 N–H and O–H groups in total. The fourth-order valence-corrected chi connectivity index (χ4v) is 1.72. The van der Waals surface area contributed by atoms with E-state index in [1.54, 1.807) is 6.20 Å². The molecule has 0 spiro atoms. The van der Waals surface area contributed by atoms with E-state index in [1.807, 2.05) is 17.8 Å². The van der Waals surface area contributed by atoms with Crippen LogP contribution in [0.25, 0.3) is 0 Å².